The third-order valence-corrected chi connectivity index (χ3v) is 2.25. The van der Waals surface area contributed by atoms with Crippen LogP contribution in [0.4, 0.5) is 0 Å². The van der Waals surface area contributed by atoms with Crippen molar-refractivity contribution in [1.82, 2.24) is 10.6 Å². The fourth-order valence-electron chi connectivity index (χ4n) is 1.45. The van der Waals surface area contributed by atoms with E-state index >= 15 is 0 Å². The Kier molecular flexibility index (Phi) is 4.51. The lowest BCUT2D eigenvalue weighted by atomic mass is 10.2. The van der Waals surface area contributed by atoms with Crippen LogP contribution in [0.25, 0.3) is 0 Å². The van der Waals surface area contributed by atoms with E-state index in [1.807, 2.05) is 0 Å². The van der Waals surface area contributed by atoms with Crippen LogP contribution < -0.4 is 10.6 Å². The smallest absolute Gasteiger partial charge is 0.242 e. The van der Waals surface area contributed by atoms with Gasteiger partial charge in [0.25, 0.3) is 0 Å². The van der Waals surface area contributed by atoms with E-state index in [1.165, 1.54) is 7.11 Å². The molecule has 0 aromatic carbocycles. The van der Waals surface area contributed by atoms with Gasteiger partial charge < -0.3 is 20.5 Å². The second kappa shape index (κ2) is 5.67. The fourth-order valence-corrected chi connectivity index (χ4v) is 1.45. The summed E-state index contributed by atoms with van der Waals surface area (Å²) in [4.78, 5) is 22.4. The van der Waals surface area contributed by atoms with E-state index < -0.39 is 12.1 Å². The number of rotatable bonds is 5. The normalized spacial score (nSPS) is 22.3. The number of nitrogens with one attached hydrogen (secondary N) is 2. The van der Waals surface area contributed by atoms with Gasteiger partial charge >= 0.3 is 0 Å². The Morgan fingerprint density at radius 2 is 2.53 bits per heavy atom. The van der Waals surface area contributed by atoms with Gasteiger partial charge in [0.15, 0.2) is 0 Å². The molecule has 1 rings (SSSR count). The van der Waals surface area contributed by atoms with E-state index in [0.29, 0.717) is 12.8 Å². The Bertz CT molecular complexity index is 244. The summed E-state index contributed by atoms with van der Waals surface area (Å²) in [6, 6.07) is -0.886. The van der Waals surface area contributed by atoms with Crippen LogP contribution in [0.2, 0.25) is 0 Å². The number of aliphatic hydroxyl groups excluding tert-OH is 1. The maximum absolute atomic E-state index is 11.5. The Balaban J connectivity index is 2.36. The predicted octanol–water partition coefficient (Wildman–Crippen LogP) is -1.61. The zero-order chi connectivity index (χ0) is 11.3. The standard InChI is InChI=1S/C9H16N2O4/c1-15-5-6(4-12)10-9(14)7-2-3-8(13)11-7/h6-7,12H,2-5H2,1H3,(H,10,14)(H,11,13)/t6?,7-/m0/s1. The average Bonchev–Trinajstić information content (AvgIpc) is 2.64. The van der Waals surface area contributed by atoms with Gasteiger partial charge in [0.2, 0.25) is 11.8 Å². The van der Waals surface area contributed by atoms with Gasteiger partial charge in [0.1, 0.15) is 6.04 Å². The number of methoxy groups -OCH3 is 1. The first-order chi connectivity index (χ1) is 7.17. The van der Waals surface area contributed by atoms with Crippen LogP contribution in [0.15, 0.2) is 0 Å². The molecule has 15 heavy (non-hydrogen) atoms. The van der Waals surface area contributed by atoms with E-state index in [0.717, 1.165) is 0 Å². The molecule has 1 fully saturated rings. The zero-order valence-electron chi connectivity index (χ0n) is 8.66. The zero-order valence-corrected chi connectivity index (χ0v) is 8.66. The summed E-state index contributed by atoms with van der Waals surface area (Å²) in [5, 5.41) is 14.1. The predicted molar refractivity (Wildman–Crippen MR) is 52.1 cm³/mol. The lowest BCUT2D eigenvalue weighted by Gasteiger charge is -2.17. The number of amides is 2. The summed E-state index contributed by atoms with van der Waals surface area (Å²) in [5.41, 5.74) is 0. The SMILES string of the molecule is COCC(CO)NC(=O)[C@@H]1CCC(=O)N1. The van der Waals surface area contributed by atoms with Gasteiger partial charge in [-0.3, -0.25) is 9.59 Å². The molecule has 1 aliphatic heterocycles. The maximum Gasteiger partial charge on any atom is 0.242 e. The highest BCUT2D eigenvalue weighted by Crippen LogP contribution is 2.06. The Morgan fingerprint density at radius 1 is 1.80 bits per heavy atom. The highest BCUT2D eigenvalue weighted by atomic mass is 16.5. The number of hydrogen-bond acceptors (Lipinski definition) is 4. The molecular weight excluding hydrogens is 200 g/mol. The molecule has 2 amide bonds. The number of hydrogen-bond donors (Lipinski definition) is 3. The van der Waals surface area contributed by atoms with E-state index in [4.69, 9.17) is 9.84 Å². The summed E-state index contributed by atoms with van der Waals surface area (Å²) >= 11 is 0. The maximum atomic E-state index is 11.5. The van der Waals surface area contributed by atoms with Crippen molar-refractivity contribution in [1.29, 1.82) is 0 Å². The third-order valence-electron chi connectivity index (χ3n) is 2.25. The number of carbonyl (C=O) groups is 2. The molecule has 0 aromatic heterocycles. The first kappa shape index (κ1) is 11.9. The summed E-state index contributed by atoms with van der Waals surface area (Å²) in [6.07, 6.45) is 0.891. The van der Waals surface area contributed by atoms with Crippen molar-refractivity contribution in [2.75, 3.05) is 20.3 Å². The van der Waals surface area contributed by atoms with Crippen LogP contribution in [0.5, 0.6) is 0 Å². The van der Waals surface area contributed by atoms with Gasteiger partial charge in [-0.25, -0.2) is 0 Å². The lowest BCUT2D eigenvalue weighted by Crippen LogP contribution is -2.48. The molecule has 0 saturated carbocycles. The minimum absolute atomic E-state index is 0.109. The van der Waals surface area contributed by atoms with Crippen LogP contribution in [0.1, 0.15) is 12.8 Å². The van der Waals surface area contributed by atoms with Gasteiger partial charge in [-0.15, -0.1) is 0 Å². The second-order valence-electron chi connectivity index (χ2n) is 3.50. The molecule has 0 spiro atoms. The van der Waals surface area contributed by atoms with Crippen LogP contribution in [-0.4, -0.2) is 49.3 Å². The quantitative estimate of drug-likeness (QED) is 0.516. The van der Waals surface area contributed by atoms with Crippen molar-refractivity contribution < 1.29 is 19.4 Å². The van der Waals surface area contributed by atoms with Gasteiger partial charge in [0.05, 0.1) is 19.3 Å². The largest absolute Gasteiger partial charge is 0.394 e. The van der Waals surface area contributed by atoms with E-state index in [-0.39, 0.29) is 25.0 Å². The lowest BCUT2D eigenvalue weighted by molar-refractivity contribution is -0.126. The van der Waals surface area contributed by atoms with E-state index in [1.54, 1.807) is 0 Å². The van der Waals surface area contributed by atoms with Crippen molar-refractivity contribution >= 4 is 11.8 Å². The van der Waals surface area contributed by atoms with Crippen molar-refractivity contribution in [3.05, 3.63) is 0 Å². The first-order valence-electron chi connectivity index (χ1n) is 4.87. The number of carbonyl (C=O) groups excluding carboxylic acids is 2. The third kappa shape index (κ3) is 3.49. The van der Waals surface area contributed by atoms with E-state index in [2.05, 4.69) is 10.6 Å². The molecule has 3 N–H and O–H groups in total. The van der Waals surface area contributed by atoms with Gasteiger partial charge in [-0.1, -0.05) is 0 Å². The molecule has 0 bridgehead atoms. The summed E-state index contributed by atoms with van der Waals surface area (Å²) < 4.78 is 4.82. The van der Waals surface area contributed by atoms with Gasteiger partial charge in [-0.05, 0) is 6.42 Å². The molecule has 1 unspecified atom stereocenters. The number of ether oxygens (including phenoxy) is 1. The van der Waals surface area contributed by atoms with Crippen molar-refractivity contribution in [3.8, 4) is 0 Å². The van der Waals surface area contributed by atoms with Crippen LogP contribution >= 0.6 is 0 Å². The van der Waals surface area contributed by atoms with Crippen LogP contribution in [-0.2, 0) is 14.3 Å². The summed E-state index contributed by atoms with van der Waals surface area (Å²) in [7, 11) is 1.49. The highest BCUT2D eigenvalue weighted by Gasteiger charge is 2.28. The second-order valence-corrected chi connectivity index (χ2v) is 3.50. The monoisotopic (exact) mass is 216 g/mol. The Labute approximate surface area is 88.0 Å². The van der Waals surface area contributed by atoms with Crippen molar-refractivity contribution in [2.45, 2.75) is 24.9 Å². The van der Waals surface area contributed by atoms with Gasteiger partial charge in [-0.2, -0.15) is 0 Å². The molecule has 0 radical (unpaired) electrons. The minimum Gasteiger partial charge on any atom is -0.394 e. The van der Waals surface area contributed by atoms with Crippen LogP contribution in [0.3, 0.4) is 0 Å². The average molecular weight is 216 g/mol. The van der Waals surface area contributed by atoms with E-state index in [9.17, 15) is 9.59 Å². The summed E-state index contributed by atoms with van der Waals surface area (Å²) in [6.45, 7) is 0.0726. The fraction of sp³-hybridized carbons (Fsp3) is 0.778. The highest BCUT2D eigenvalue weighted by molar-refractivity contribution is 5.90. The topological polar surface area (TPSA) is 87.7 Å². The molecule has 6 heteroatoms. The minimum atomic E-state index is -0.469. The Morgan fingerprint density at radius 3 is 3.00 bits per heavy atom. The molecule has 86 valence electrons. The molecule has 0 aromatic rings. The molecule has 1 aliphatic rings. The van der Waals surface area contributed by atoms with Gasteiger partial charge in [0, 0.05) is 13.5 Å². The van der Waals surface area contributed by atoms with Crippen molar-refractivity contribution in [3.63, 3.8) is 0 Å². The molecule has 1 heterocycles. The molecule has 6 nitrogen and oxygen atoms in total. The number of aliphatic hydroxyl groups is 1. The first-order valence-corrected chi connectivity index (χ1v) is 4.87. The molecule has 0 aliphatic carbocycles. The molecule has 1 saturated heterocycles. The van der Waals surface area contributed by atoms with Crippen molar-refractivity contribution in [2.24, 2.45) is 0 Å². The molecule has 2 atom stereocenters. The van der Waals surface area contributed by atoms with Crippen LogP contribution in [0, 0.1) is 0 Å². The summed E-state index contributed by atoms with van der Waals surface area (Å²) in [5.74, 6) is -0.376. The molecular formula is C9H16N2O4. The Hall–Kier alpha value is -1.14.